The van der Waals surface area contributed by atoms with Crippen LogP contribution >= 0.6 is 0 Å². The van der Waals surface area contributed by atoms with Crippen molar-refractivity contribution in [1.82, 2.24) is 29.2 Å². The first-order valence-electron chi connectivity index (χ1n) is 9.42. The summed E-state index contributed by atoms with van der Waals surface area (Å²) in [6.07, 6.45) is 7.59. The summed E-state index contributed by atoms with van der Waals surface area (Å²) in [5.74, 6) is 2.31. The minimum absolute atomic E-state index is 0.119. The molecule has 0 aliphatic carbocycles. The summed E-state index contributed by atoms with van der Waals surface area (Å²) in [5, 5.41) is 8.85. The van der Waals surface area contributed by atoms with Gasteiger partial charge in [0.1, 0.15) is 11.6 Å². The van der Waals surface area contributed by atoms with Crippen molar-refractivity contribution in [3.05, 3.63) is 65.5 Å². The van der Waals surface area contributed by atoms with Crippen LogP contribution in [0.5, 0.6) is 0 Å². The molecule has 1 aliphatic rings. The normalized spacial score (nSPS) is 16.1. The van der Waals surface area contributed by atoms with E-state index in [1.54, 1.807) is 18.6 Å². The molecule has 3 heterocycles. The third kappa shape index (κ3) is 3.78. The summed E-state index contributed by atoms with van der Waals surface area (Å²) >= 11 is 0. The lowest BCUT2D eigenvalue weighted by Crippen LogP contribution is -2.33. The van der Waals surface area contributed by atoms with Gasteiger partial charge in [-0.3, -0.25) is 4.90 Å². The Morgan fingerprint density at radius 3 is 2.70 bits per heavy atom. The van der Waals surface area contributed by atoms with Gasteiger partial charge < -0.3 is 9.13 Å². The van der Waals surface area contributed by atoms with Crippen LogP contribution in [0.15, 0.2) is 36.9 Å². The molecule has 0 saturated carbocycles. The highest BCUT2D eigenvalue weighted by Crippen LogP contribution is 2.28. The first-order chi connectivity index (χ1) is 13.1. The second kappa shape index (κ2) is 7.60. The predicted octanol–water partition coefficient (Wildman–Crippen LogP) is 2.89. The summed E-state index contributed by atoms with van der Waals surface area (Å²) in [4.78, 5) is 6.48. The molecular formula is C20H25FN6. The molecule has 1 aliphatic heterocycles. The maximum Gasteiger partial charge on any atom is 0.152 e. The molecule has 4 rings (SSSR count). The smallest absolute Gasteiger partial charge is 0.152 e. The van der Waals surface area contributed by atoms with Crippen molar-refractivity contribution in [3.63, 3.8) is 0 Å². The SMILES string of the molecule is Cc1c(F)cccc1CN1CCC(c2nnc(Cn3ccnc3)n2C)CC1. The van der Waals surface area contributed by atoms with Crippen molar-refractivity contribution in [2.45, 2.75) is 38.8 Å². The molecule has 27 heavy (non-hydrogen) atoms. The molecular weight excluding hydrogens is 343 g/mol. The highest BCUT2D eigenvalue weighted by molar-refractivity contribution is 5.27. The van der Waals surface area contributed by atoms with E-state index in [-0.39, 0.29) is 5.82 Å². The van der Waals surface area contributed by atoms with Crippen molar-refractivity contribution < 1.29 is 4.39 Å². The van der Waals surface area contributed by atoms with E-state index in [0.29, 0.717) is 12.5 Å². The van der Waals surface area contributed by atoms with E-state index in [2.05, 4.69) is 24.6 Å². The first kappa shape index (κ1) is 17.9. The van der Waals surface area contributed by atoms with E-state index in [1.165, 1.54) is 6.07 Å². The topological polar surface area (TPSA) is 51.8 Å². The molecule has 7 heteroatoms. The molecule has 2 aromatic heterocycles. The standard InChI is InChI=1S/C20H25FN6/c1-15-17(4-3-5-18(15)21)12-26-9-6-16(7-10-26)20-24-23-19(25(20)2)13-27-11-8-22-14-27/h3-5,8,11,14,16H,6-7,9-10,12-13H2,1-2H3. The minimum atomic E-state index is -0.119. The summed E-state index contributed by atoms with van der Waals surface area (Å²) in [6.45, 7) is 5.33. The van der Waals surface area contributed by atoms with Crippen LogP contribution in [0.25, 0.3) is 0 Å². The van der Waals surface area contributed by atoms with Gasteiger partial charge in [-0.15, -0.1) is 10.2 Å². The van der Waals surface area contributed by atoms with Crippen LogP contribution in [0.4, 0.5) is 4.39 Å². The van der Waals surface area contributed by atoms with Crippen molar-refractivity contribution >= 4 is 0 Å². The number of nitrogens with zero attached hydrogens (tertiary/aromatic N) is 6. The van der Waals surface area contributed by atoms with Gasteiger partial charge in [0.2, 0.25) is 0 Å². The molecule has 6 nitrogen and oxygen atoms in total. The van der Waals surface area contributed by atoms with E-state index in [9.17, 15) is 4.39 Å². The van der Waals surface area contributed by atoms with Crippen LogP contribution in [0.1, 0.15) is 41.5 Å². The third-order valence-electron chi connectivity index (χ3n) is 5.61. The molecule has 3 aromatic rings. The lowest BCUT2D eigenvalue weighted by Gasteiger charge is -2.31. The fourth-order valence-corrected chi connectivity index (χ4v) is 3.83. The number of rotatable bonds is 5. The van der Waals surface area contributed by atoms with Gasteiger partial charge in [0.25, 0.3) is 0 Å². The second-order valence-corrected chi connectivity index (χ2v) is 7.34. The zero-order chi connectivity index (χ0) is 18.8. The number of imidazole rings is 1. The number of aromatic nitrogens is 5. The summed E-state index contributed by atoms with van der Waals surface area (Å²) in [7, 11) is 2.05. The Hall–Kier alpha value is -2.54. The molecule has 142 valence electrons. The fourth-order valence-electron chi connectivity index (χ4n) is 3.83. The van der Waals surface area contributed by atoms with Gasteiger partial charge in [-0.25, -0.2) is 9.37 Å². The summed E-state index contributed by atoms with van der Waals surface area (Å²) in [5.41, 5.74) is 1.84. The van der Waals surface area contributed by atoms with Crippen LogP contribution in [0.3, 0.4) is 0 Å². The van der Waals surface area contributed by atoms with Gasteiger partial charge in [0.15, 0.2) is 5.82 Å². The van der Waals surface area contributed by atoms with E-state index in [4.69, 9.17) is 0 Å². The highest BCUT2D eigenvalue weighted by atomic mass is 19.1. The van der Waals surface area contributed by atoms with E-state index in [0.717, 1.165) is 55.3 Å². The van der Waals surface area contributed by atoms with Gasteiger partial charge in [-0.05, 0) is 50.0 Å². The monoisotopic (exact) mass is 368 g/mol. The summed E-state index contributed by atoms with van der Waals surface area (Å²) < 4.78 is 17.9. The average molecular weight is 368 g/mol. The molecule has 1 fully saturated rings. The Kier molecular flexibility index (Phi) is 5.03. The molecule has 0 spiro atoms. The number of benzene rings is 1. The molecule has 0 bridgehead atoms. The Morgan fingerprint density at radius 1 is 1.15 bits per heavy atom. The number of piperidine rings is 1. The molecule has 0 atom stereocenters. The van der Waals surface area contributed by atoms with Crippen molar-refractivity contribution in [3.8, 4) is 0 Å². The molecule has 0 unspecified atom stereocenters. The Morgan fingerprint density at radius 2 is 1.96 bits per heavy atom. The molecule has 0 N–H and O–H groups in total. The van der Waals surface area contributed by atoms with Gasteiger partial charge in [-0.1, -0.05) is 12.1 Å². The average Bonchev–Trinajstić information content (AvgIpc) is 3.31. The molecule has 1 saturated heterocycles. The van der Waals surface area contributed by atoms with E-state index >= 15 is 0 Å². The van der Waals surface area contributed by atoms with Gasteiger partial charge >= 0.3 is 0 Å². The molecule has 0 radical (unpaired) electrons. The third-order valence-corrected chi connectivity index (χ3v) is 5.61. The van der Waals surface area contributed by atoms with Crippen LogP contribution in [0, 0.1) is 12.7 Å². The van der Waals surface area contributed by atoms with Crippen molar-refractivity contribution in [2.24, 2.45) is 7.05 Å². The number of halogens is 1. The number of hydrogen-bond acceptors (Lipinski definition) is 4. The zero-order valence-corrected chi connectivity index (χ0v) is 15.8. The lowest BCUT2D eigenvalue weighted by molar-refractivity contribution is 0.200. The minimum Gasteiger partial charge on any atom is -0.330 e. The Balaban J connectivity index is 1.38. The quantitative estimate of drug-likeness (QED) is 0.695. The van der Waals surface area contributed by atoms with Gasteiger partial charge in [-0.2, -0.15) is 0 Å². The van der Waals surface area contributed by atoms with Crippen LogP contribution in [0.2, 0.25) is 0 Å². The zero-order valence-electron chi connectivity index (χ0n) is 15.8. The first-order valence-corrected chi connectivity index (χ1v) is 9.42. The fraction of sp³-hybridized carbons (Fsp3) is 0.450. The molecule has 1 aromatic carbocycles. The second-order valence-electron chi connectivity index (χ2n) is 7.34. The number of hydrogen-bond donors (Lipinski definition) is 0. The van der Waals surface area contributed by atoms with Gasteiger partial charge in [0, 0.05) is 31.9 Å². The van der Waals surface area contributed by atoms with E-state index < -0.39 is 0 Å². The Labute approximate surface area is 158 Å². The summed E-state index contributed by atoms with van der Waals surface area (Å²) in [6, 6.07) is 5.35. The largest absolute Gasteiger partial charge is 0.330 e. The predicted molar refractivity (Wildman–Crippen MR) is 101 cm³/mol. The van der Waals surface area contributed by atoms with Crippen molar-refractivity contribution in [1.29, 1.82) is 0 Å². The maximum atomic E-state index is 13.8. The van der Waals surface area contributed by atoms with Crippen molar-refractivity contribution in [2.75, 3.05) is 13.1 Å². The highest BCUT2D eigenvalue weighted by Gasteiger charge is 2.25. The van der Waals surface area contributed by atoms with Crippen LogP contribution in [-0.4, -0.2) is 42.3 Å². The maximum absolute atomic E-state index is 13.8. The number of likely N-dealkylation sites (tertiary alicyclic amines) is 1. The van der Waals surface area contributed by atoms with Crippen LogP contribution in [-0.2, 0) is 20.1 Å². The lowest BCUT2D eigenvalue weighted by atomic mass is 9.95. The van der Waals surface area contributed by atoms with E-state index in [1.807, 2.05) is 30.8 Å². The molecule has 0 amide bonds. The van der Waals surface area contributed by atoms with Crippen LogP contribution < -0.4 is 0 Å². The van der Waals surface area contributed by atoms with Gasteiger partial charge in [0.05, 0.1) is 12.9 Å². The Bertz CT molecular complexity index is 893.